The molecule has 0 spiro atoms. The van der Waals surface area contributed by atoms with Crippen molar-refractivity contribution in [2.75, 3.05) is 0 Å². The summed E-state index contributed by atoms with van der Waals surface area (Å²) < 4.78 is 1.70. The summed E-state index contributed by atoms with van der Waals surface area (Å²) in [6.45, 7) is 2.22. The van der Waals surface area contributed by atoms with Crippen molar-refractivity contribution >= 4 is 28.3 Å². The maximum absolute atomic E-state index is 13.0. The standard InChI is InChI=1S/C21H17N5OS/c1-13-19-16(21(27)23-12-15-6-3-5-14(9-15)11-22)10-17(18-7-4-8-28-18)24-20(19)26(2)25-13/h3-10H,12H2,1-2H3,(H,23,27). The normalized spacial score (nSPS) is 10.8. The molecule has 4 aromatic rings. The number of amides is 1. The van der Waals surface area contributed by atoms with Crippen molar-refractivity contribution in [1.82, 2.24) is 20.1 Å². The Labute approximate surface area is 166 Å². The Morgan fingerprint density at radius 1 is 1.29 bits per heavy atom. The molecule has 28 heavy (non-hydrogen) atoms. The van der Waals surface area contributed by atoms with Crippen LogP contribution in [-0.2, 0) is 13.6 Å². The first kappa shape index (κ1) is 17.9. The van der Waals surface area contributed by atoms with Crippen LogP contribution in [-0.4, -0.2) is 20.7 Å². The lowest BCUT2D eigenvalue weighted by Gasteiger charge is -2.09. The summed E-state index contributed by atoms with van der Waals surface area (Å²) in [5.41, 5.74) is 4.19. The molecule has 6 nitrogen and oxygen atoms in total. The number of aryl methyl sites for hydroxylation is 2. The third-order valence-electron chi connectivity index (χ3n) is 4.50. The van der Waals surface area contributed by atoms with E-state index in [2.05, 4.69) is 16.5 Å². The SMILES string of the molecule is Cc1nn(C)c2nc(-c3cccs3)cc(C(=O)NCc3cccc(C#N)c3)c12. The lowest BCUT2D eigenvalue weighted by Crippen LogP contribution is -2.23. The molecule has 138 valence electrons. The van der Waals surface area contributed by atoms with Crippen molar-refractivity contribution in [3.05, 3.63) is 70.2 Å². The van der Waals surface area contributed by atoms with Gasteiger partial charge in [0.2, 0.25) is 0 Å². The van der Waals surface area contributed by atoms with E-state index in [0.29, 0.717) is 23.3 Å². The Morgan fingerprint density at radius 3 is 2.89 bits per heavy atom. The maximum atomic E-state index is 13.0. The predicted octanol–water partition coefficient (Wildman–Crippen LogP) is 3.81. The third-order valence-corrected chi connectivity index (χ3v) is 5.39. The van der Waals surface area contributed by atoms with Gasteiger partial charge in [-0.05, 0) is 42.1 Å². The van der Waals surface area contributed by atoms with Crippen molar-refractivity contribution in [3.8, 4) is 16.6 Å². The van der Waals surface area contributed by atoms with Gasteiger partial charge < -0.3 is 5.32 Å². The number of nitrogens with zero attached hydrogens (tertiary/aromatic N) is 4. The molecule has 4 rings (SSSR count). The smallest absolute Gasteiger partial charge is 0.252 e. The molecular formula is C21H17N5OS. The van der Waals surface area contributed by atoms with Crippen molar-refractivity contribution in [2.45, 2.75) is 13.5 Å². The molecule has 0 radical (unpaired) electrons. The monoisotopic (exact) mass is 387 g/mol. The molecule has 1 aromatic carbocycles. The van der Waals surface area contributed by atoms with Crippen molar-refractivity contribution in [3.63, 3.8) is 0 Å². The van der Waals surface area contributed by atoms with Gasteiger partial charge in [0, 0.05) is 13.6 Å². The van der Waals surface area contributed by atoms with Crippen molar-refractivity contribution < 1.29 is 4.79 Å². The third kappa shape index (κ3) is 3.26. The second-order valence-electron chi connectivity index (χ2n) is 6.43. The minimum Gasteiger partial charge on any atom is -0.348 e. The number of carbonyl (C=O) groups excluding carboxylic acids is 1. The average molecular weight is 387 g/mol. The number of thiophene rings is 1. The molecule has 0 atom stereocenters. The summed E-state index contributed by atoms with van der Waals surface area (Å²) in [5, 5.41) is 19.2. The maximum Gasteiger partial charge on any atom is 0.252 e. The first-order chi connectivity index (χ1) is 13.6. The molecule has 0 saturated heterocycles. The fraction of sp³-hybridized carbons (Fsp3) is 0.143. The van der Waals surface area contributed by atoms with Crippen LogP contribution in [0.25, 0.3) is 21.6 Å². The van der Waals surface area contributed by atoms with E-state index in [1.807, 2.05) is 49.7 Å². The number of benzene rings is 1. The molecule has 1 N–H and O–H groups in total. The van der Waals surface area contributed by atoms with Crippen LogP contribution < -0.4 is 5.32 Å². The first-order valence-electron chi connectivity index (χ1n) is 8.72. The number of rotatable bonds is 4. The van der Waals surface area contributed by atoms with Gasteiger partial charge in [0.15, 0.2) is 5.65 Å². The van der Waals surface area contributed by atoms with Crippen molar-refractivity contribution in [1.29, 1.82) is 5.26 Å². The van der Waals surface area contributed by atoms with Crippen LogP contribution in [0, 0.1) is 18.3 Å². The van der Waals surface area contributed by atoms with Crippen LogP contribution in [0.2, 0.25) is 0 Å². The summed E-state index contributed by atoms with van der Waals surface area (Å²) in [5.74, 6) is -0.191. The van der Waals surface area contributed by atoms with E-state index in [1.165, 1.54) is 0 Å². The van der Waals surface area contributed by atoms with Crippen LogP contribution in [0.1, 0.15) is 27.2 Å². The molecular weight excluding hydrogens is 370 g/mol. The molecule has 0 aliphatic carbocycles. The van der Waals surface area contributed by atoms with Gasteiger partial charge in [-0.3, -0.25) is 9.48 Å². The number of pyridine rings is 1. The van der Waals surface area contributed by atoms with E-state index in [1.54, 1.807) is 28.2 Å². The minimum atomic E-state index is -0.191. The summed E-state index contributed by atoms with van der Waals surface area (Å²) in [7, 11) is 1.83. The van der Waals surface area contributed by atoms with Gasteiger partial charge in [-0.2, -0.15) is 10.4 Å². The highest BCUT2D eigenvalue weighted by atomic mass is 32.1. The Hall–Kier alpha value is -3.50. The summed E-state index contributed by atoms with van der Waals surface area (Å²) in [6, 6.07) is 15.1. The van der Waals surface area contributed by atoms with Crippen LogP contribution in [0.5, 0.6) is 0 Å². The van der Waals surface area contributed by atoms with E-state index < -0.39 is 0 Å². The second-order valence-corrected chi connectivity index (χ2v) is 7.38. The number of hydrogen-bond acceptors (Lipinski definition) is 5. The highest BCUT2D eigenvalue weighted by Gasteiger charge is 2.19. The Bertz CT molecular complexity index is 1220. The number of fused-ring (bicyclic) bond motifs is 1. The lowest BCUT2D eigenvalue weighted by molar-refractivity contribution is 0.0952. The van der Waals surface area contributed by atoms with Gasteiger partial charge in [0.25, 0.3) is 5.91 Å². The zero-order chi connectivity index (χ0) is 19.7. The molecule has 3 heterocycles. The van der Waals surface area contributed by atoms with Gasteiger partial charge in [0.05, 0.1) is 38.8 Å². The Kier molecular flexibility index (Phi) is 4.63. The van der Waals surface area contributed by atoms with Crippen LogP contribution in [0.3, 0.4) is 0 Å². The molecule has 0 unspecified atom stereocenters. The average Bonchev–Trinajstić information content (AvgIpc) is 3.34. The summed E-state index contributed by atoms with van der Waals surface area (Å²) in [4.78, 5) is 18.7. The lowest BCUT2D eigenvalue weighted by atomic mass is 10.1. The van der Waals surface area contributed by atoms with E-state index in [0.717, 1.165) is 27.2 Å². The molecule has 1 amide bonds. The molecule has 3 aromatic heterocycles. The number of carbonyl (C=O) groups is 1. The summed E-state index contributed by atoms with van der Waals surface area (Å²) in [6.07, 6.45) is 0. The summed E-state index contributed by atoms with van der Waals surface area (Å²) >= 11 is 1.58. The highest BCUT2D eigenvalue weighted by Crippen LogP contribution is 2.29. The number of hydrogen-bond donors (Lipinski definition) is 1. The van der Waals surface area contributed by atoms with Gasteiger partial charge in [-0.25, -0.2) is 4.98 Å². The molecule has 7 heteroatoms. The fourth-order valence-electron chi connectivity index (χ4n) is 3.20. The topological polar surface area (TPSA) is 83.6 Å². The number of nitrogens with one attached hydrogen (secondary N) is 1. The van der Waals surface area contributed by atoms with Crippen molar-refractivity contribution in [2.24, 2.45) is 7.05 Å². The highest BCUT2D eigenvalue weighted by molar-refractivity contribution is 7.13. The minimum absolute atomic E-state index is 0.191. The van der Waals surface area contributed by atoms with E-state index >= 15 is 0 Å². The molecule has 0 fully saturated rings. The quantitative estimate of drug-likeness (QED) is 0.577. The van der Waals surface area contributed by atoms with Gasteiger partial charge in [-0.1, -0.05) is 18.2 Å². The van der Waals surface area contributed by atoms with Crippen LogP contribution in [0.15, 0.2) is 47.8 Å². The van der Waals surface area contributed by atoms with Gasteiger partial charge >= 0.3 is 0 Å². The second kappa shape index (κ2) is 7.25. The molecule has 0 aliphatic heterocycles. The fourth-order valence-corrected chi connectivity index (χ4v) is 3.89. The van der Waals surface area contributed by atoms with Crippen LogP contribution in [0.4, 0.5) is 0 Å². The molecule has 0 saturated carbocycles. The number of aromatic nitrogens is 3. The van der Waals surface area contributed by atoms with Gasteiger partial charge in [-0.15, -0.1) is 11.3 Å². The van der Waals surface area contributed by atoms with E-state index in [-0.39, 0.29) is 5.91 Å². The molecule has 0 bridgehead atoms. The van der Waals surface area contributed by atoms with Crippen LogP contribution >= 0.6 is 11.3 Å². The zero-order valence-corrected chi connectivity index (χ0v) is 16.2. The predicted molar refractivity (Wildman–Crippen MR) is 109 cm³/mol. The Balaban J connectivity index is 1.72. The first-order valence-corrected chi connectivity index (χ1v) is 9.60. The molecule has 0 aliphatic rings. The largest absolute Gasteiger partial charge is 0.348 e. The number of nitriles is 1. The zero-order valence-electron chi connectivity index (χ0n) is 15.4. The van der Waals surface area contributed by atoms with Gasteiger partial charge in [0.1, 0.15) is 0 Å². The Morgan fingerprint density at radius 2 is 2.14 bits per heavy atom. The van der Waals surface area contributed by atoms with E-state index in [4.69, 9.17) is 10.2 Å². The van der Waals surface area contributed by atoms with E-state index in [9.17, 15) is 4.79 Å².